The van der Waals surface area contributed by atoms with Crippen molar-refractivity contribution in [3.63, 3.8) is 0 Å². The molecule has 0 aromatic carbocycles. The quantitative estimate of drug-likeness (QED) is 0.632. The first-order chi connectivity index (χ1) is 6.95. The van der Waals surface area contributed by atoms with E-state index in [1.54, 1.807) is 6.92 Å². The van der Waals surface area contributed by atoms with Crippen LogP contribution in [0.5, 0.6) is 0 Å². The number of hydrogen-bond acceptors (Lipinski definition) is 1. The summed E-state index contributed by atoms with van der Waals surface area (Å²) in [4.78, 5) is 11.7. The molecule has 3 unspecified atom stereocenters. The smallest absolute Gasteiger partial charge is 0.133 e. The fourth-order valence-electron chi connectivity index (χ4n) is 3.54. The van der Waals surface area contributed by atoms with Crippen molar-refractivity contribution < 1.29 is 4.79 Å². The monoisotopic (exact) mass is 204 g/mol. The number of ketones is 1. The van der Waals surface area contributed by atoms with Gasteiger partial charge in [-0.05, 0) is 37.0 Å². The lowest BCUT2D eigenvalue weighted by Crippen LogP contribution is -2.33. The first-order valence-electron chi connectivity index (χ1n) is 6.21. The van der Waals surface area contributed by atoms with Crippen molar-refractivity contribution in [2.24, 2.45) is 23.2 Å². The molecule has 0 heterocycles. The van der Waals surface area contributed by atoms with Crippen LogP contribution in [0.4, 0.5) is 0 Å². The summed E-state index contributed by atoms with van der Waals surface area (Å²) in [6, 6.07) is 0. The van der Waals surface area contributed by atoms with Crippen molar-refractivity contribution in [2.75, 3.05) is 0 Å². The molecule has 0 saturated heterocycles. The number of rotatable bonds is 2. The highest BCUT2D eigenvalue weighted by atomic mass is 16.1. The molecule has 0 bridgehead atoms. The van der Waals surface area contributed by atoms with Gasteiger partial charge in [-0.2, -0.15) is 0 Å². The summed E-state index contributed by atoms with van der Waals surface area (Å²) < 4.78 is 0. The van der Waals surface area contributed by atoms with Gasteiger partial charge in [0.2, 0.25) is 0 Å². The zero-order chi connectivity index (χ0) is 11.2. The fraction of sp³-hybridized carbons (Fsp3) is 0.923. The van der Waals surface area contributed by atoms with Gasteiger partial charge in [0.15, 0.2) is 0 Å². The highest BCUT2D eigenvalue weighted by molar-refractivity contribution is 6.11. The van der Waals surface area contributed by atoms with Gasteiger partial charge in [-0.25, -0.2) is 0 Å². The fourth-order valence-corrected chi connectivity index (χ4v) is 3.54. The lowest BCUT2D eigenvalue weighted by molar-refractivity contribution is -0.124. The molecule has 2 heteroatoms. The molecule has 0 aromatic heterocycles. The molecule has 2 rings (SSSR count). The van der Waals surface area contributed by atoms with Gasteiger partial charge in [-0.3, -0.25) is 4.79 Å². The van der Waals surface area contributed by atoms with Crippen molar-refractivity contribution in [1.82, 2.24) is 0 Å². The van der Waals surface area contributed by atoms with Crippen LogP contribution < -0.4 is 0 Å². The maximum atomic E-state index is 11.7. The molecule has 2 aliphatic rings. The maximum absolute atomic E-state index is 11.7. The van der Waals surface area contributed by atoms with Crippen LogP contribution in [0, 0.1) is 23.2 Å². The van der Waals surface area contributed by atoms with Crippen LogP contribution in [0.25, 0.3) is 0 Å². The van der Waals surface area contributed by atoms with E-state index in [9.17, 15) is 4.79 Å². The summed E-state index contributed by atoms with van der Waals surface area (Å²) in [5.74, 6) is 2.34. The van der Waals surface area contributed by atoms with E-state index < -0.39 is 0 Å². The third-order valence-corrected chi connectivity index (χ3v) is 4.97. The second kappa shape index (κ2) is 3.64. The molecule has 0 aromatic rings. The summed E-state index contributed by atoms with van der Waals surface area (Å²) in [5, 5.41) is 0. The molecule has 0 N–H and O–H groups in total. The Balaban J connectivity index is 2.14. The van der Waals surface area contributed by atoms with E-state index in [0.29, 0.717) is 28.9 Å². The molecule has 15 heavy (non-hydrogen) atoms. The van der Waals surface area contributed by atoms with Gasteiger partial charge in [-0.15, -0.1) is 0 Å². The number of carbonyl (C=O) groups excluding carboxylic acids is 1. The first kappa shape index (κ1) is 11.2. The molecule has 82 valence electrons. The van der Waals surface area contributed by atoms with Gasteiger partial charge in [-0.1, -0.05) is 32.5 Å². The molecule has 0 aliphatic heterocycles. The van der Waals surface area contributed by atoms with E-state index in [4.69, 9.17) is 7.85 Å². The zero-order valence-corrected chi connectivity index (χ0v) is 10.1. The molecule has 2 radical (unpaired) electrons. The van der Waals surface area contributed by atoms with Gasteiger partial charge in [0.25, 0.3) is 0 Å². The lowest BCUT2D eigenvalue weighted by atomic mass is 9.61. The lowest BCUT2D eigenvalue weighted by Gasteiger charge is -2.38. The van der Waals surface area contributed by atoms with Gasteiger partial charge >= 0.3 is 0 Å². The summed E-state index contributed by atoms with van der Waals surface area (Å²) in [6.45, 7) is 6.40. The predicted molar refractivity (Wildman–Crippen MR) is 62.9 cm³/mol. The van der Waals surface area contributed by atoms with Crippen molar-refractivity contribution in [3.8, 4) is 0 Å². The molecule has 1 nitrogen and oxygen atoms in total. The molecular weight excluding hydrogens is 183 g/mol. The standard InChI is InChI=1S/C13H21BO/c1-8-7-13(8,3)12-6-10(14)4-5-11(12)9(2)15/h8,10-12H,4-7H2,1-3H3/t8-,10+,11?,12?,13?/m0/s1. The van der Waals surface area contributed by atoms with Gasteiger partial charge in [0.05, 0.1) is 7.85 Å². The van der Waals surface area contributed by atoms with Crippen LogP contribution >= 0.6 is 0 Å². The average molecular weight is 204 g/mol. The molecule has 2 saturated carbocycles. The minimum Gasteiger partial charge on any atom is -0.300 e. The van der Waals surface area contributed by atoms with Crippen LogP contribution in [0.1, 0.15) is 46.5 Å². The summed E-state index contributed by atoms with van der Waals surface area (Å²) in [5.41, 5.74) is 0.411. The van der Waals surface area contributed by atoms with E-state index in [1.807, 2.05) is 0 Å². The van der Waals surface area contributed by atoms with Crippen molar-refractivity contribution in [2.45, 2.75) is 52.3 Å². The van der Waals surface area contributed by atoms with Gasteiger partial charge < -0.3 is 0 Å². The maximum Gasteiger partial charge on any atom is 0.133 e. The second-order valence-corrected chi connectivity index (χ2v) is 6.01. The van der Waals surface area contributed by atoms with Crippen molar-refractivity contribution >= 4 is 13.6 Å². The number of carbonyl (C=O) groups is 1. The van der Waals surface area contributed by atoms with E-state index in [0.717, 1.165) is 25.2 Å². The Labute approximate surface area is 94.4 Å². The SMILES string of the molecule is [B][C@@H]1CCC(C(C)=O)C(C2(C)C[C@@H]2C)C1. The Kier molecular flexibility index (Phi) is 2.73. The van der Waals surface area contributed by atoms with Crippen LogP contribution in [-0.2, 0) is 4.79 Å². The number of Topliss-reactive ketones (excluding diaryl/α,β-unsaturated/α-hetero) is 1. The molecule has 2 aliphatic carbocycles. The third-order valence-electron chi connectivity index (χ3n) is 4.97. The Hall–Kier alpha value is -0.265. The van der Waals surface area contributed by atoms with Crippen LogP contribution in [0.15, 0.2) is 0 Å². The molecule has 0 amide bonds. The minimum atomic E-state index is 0.291. The molecule has 5 atom stereocenters. The Morgan fingerprint density at radius 1 is 1.40 bits per heavy atom. The second-order valence-electron chi connectivity index (χ2n) is 6.01. The van der Waals surface area contributed by atoms with Crippen LogP contribution in [-0.4, -0.2) is 13.6 Å². The Bertz CT molecular complexity index is 276. The van der Waals surface area contributed by atoms with Gasteiger partial charge in [0.1, 0.15) is 5.78 Å². The molecular formula is C13H21BO. The van der Waals surface area contributed by atoms with Crippen LogP contribution in [0.3, 0.4) is 0 Å². The minimum absolute atomic E-state index is 0.291. The first-order valence-corrected chi connectivity index (χ1v) is 6.21. The van der Waals surface area contributed by atoms with E-state index in [2.05, 4.69) is 13.8 Å². The number of hydrogen-bond donors (Lipinski definition) is 0. The molecule has 2 fully saturated rings. The third kappa shape index (κ3) is 1.88. The van der Waals surface area contributed by atoms with E-state index in [-0.39, 0.29) is 0 Å². The highest BCUT2D eigenvalue weighted by Gasteiger charge is 2.55. The largest absolute Gasteiger partial charge is 0.300 e. The topological polar surface area (TPSA) is 17.1 Å². The summed E-state index contributed by atoms with van der Waals surface area (Å²) in [7, 11) is 6.05. The summed E-state index contributed by atoms with van der Waals surface area (Å²) >= 11 is 0. The Morgan fingerprint density at radius 2 is 2.00 bits per heavy atom. The predicted octanol–water partition coefficient (Wildman–Crippen LogP) is 2.99. The van der Waals surface area contributed by atoms with Crippen molar-refractivity contribution in [1.29, 1.82) is 0 Å². The van der Waals surface area contributed by atoms with Gasteiger partial charge in [0, 0.05) is 5.92 Å². The summed E-state index contributed by atoms with van der Waals surface area (Å²) in [6.07, 6.45) is 4.40. The highest BCUT2D eigenvalue weighted by Crippen LogP contribution is 2.62. The van der Waals surface area contributed by atoms with E-state index in [1.165, 1.54) is 6.42 Å². The normalized spacial score (nSPS) is 50.1. The molecule has 0 spiro atoms. The van der Waals surface area contributed by atoms with Crippen molar-refractivity contribution in [3.05, 3.63) is 0 Å². The van der Waals surface area contributed by atoms with E-state index >= 15 is 0 Å². The zero-order valence-electron chi connectivity index (χ0n) is 10.1. The Morgan fingerprint density at radius 3 is 2.47 bits per heavy atom. The van der Waals surface area contributed by atoms with Crippen LogP contribution in [0.2, 0.25) is 5.82 Å². The average Bonchev–Trinajstić information content (AvgIpc) is 2.75.